The van der Waals surface area contributed by atoms with Gasteiger partial charge in [0.2, 0.25) is 0 Å². The van der Waals surface area contributed by atoms with Crippen LogP contribution in [0.15, 0.2) is 0 Å². The molecule has 1 saturated carbocycles. The van der Waals surface area contributed by atoms with Crippen LogP contribution in [0.25, 0.3) is 0 Å². The molecule has 6 heteroatoms. The second-order valence-corrected chi connectivity index (χ2v) is 7.91. The highest BCUT2D eigenvalue weighted by Gasteiger charge is 2.41. The van der Waals surface area contributed by atoms with Crippen LogP contribution in [0.5, 0.6) is 0 Å². The molecule has 2 amide bonds. The Hall–Kier alpha value is -0.910. The van der Waals surface area contributed by atoms with Gasteiger partial charge in [0.1, 0.15) is 0 Å². The molecule has 0 bridgehead atoms. The Labute approximate surface area is 124 Å². The third kappa shape index (κ3) is 3.59. The van der Waals surface area contributed by atoms with Crippen LogP contribution in [-0.4, -0.2) is 40.7 Å². The Balaban J connectivity index is 1.75. The number of carbonyl (C=O) groups excluding carboxylic acids is 1. The molecule has 0 spiro atoms. The molecule has 2 fully saturated rings. The fourth-order valence-electron chi connectivity index (χ4n) is 3.07. The highest BCUT2D eigenvalue weighted by Crippen LogP contribution is 2.38. The lowest BCUT2D eigenvalue weighted by Gasteiger charge is -2.26. The van der Waals surface area contributed by atoms with Gasteiger partial charge in [0.25, 0.3) is 0 Å². The van der Waals surface area contributed by atoms with Crippen molar-refractivity contribution in [1.82, 2.24) is 10.6 Å². The van der Waals surface area contributed by atoms with E-state index in [1.807, 2.05) is 11.8 Å². The molecule has 1 unspecified atom stereocenters. The van der Waals surface area contributed by atoms with E-state index in [1.165, 1.54) is 6.42 Å². The van der Waals surface area contributed by atoms with Crippen molar-refractivity contribution in [2.45, 2.75) is 50.2 Å². The molecule has 1 atom stereocenters. The lowest BCUT2D eigenvalue weighted by atomic mass is 9.86. The number of carboxylic acids is 1. The number of rotatable bonds is 5. The Morgan fingerprint density at radius 1 is 1.10 bits per heavy atom. The van der Waals surface area contributed by atoms with Gasteiger partial charge in [0.05, 0.1) is 5.41 Å². The lowest BCUT2D eigenvalue weighted by Crippen LogP contribution is -2.47. The predicted octanol–water partition coefficient (Wildman–Crippen LogP) is 2.22. The highest BCUT2D eigenvalue weighted by molar-refractivity contribution is 8.00. The summed E-state index contributed by atoms with van der Waals surface area (Å²) in [6.07, 6.45) is 5.52. The van der Waals surface area contributed by atoms with Crippen LogP contribution >= 0.6 is 11.8 Å². The zero-order valence-electron chi connectivity index (χ0n) is 12.0. The van der Waals surface area contributed by atoms with Crippen LogP contribution in [-0.2, 0) is 4.79 Å². The number of urea groups is 1. The zero-order valence-corrected chi connectivity index (χ0v) is 12.9. The quantitative estimate of drug-likeness (QED) is 0.727. The van der Waals surface area contributed by atoms with E-state index in [-0.39, 0.29) is 17.3 Å². The van der Waals surface area contributed by atoms with Crippen LogP contribution in [0.1, 0.15) is 45.4 Å². The fourth-order valence-corrected chi connectivity index (χ4v) is 4.32. The van der Waals surface area contributed by atoms with Gasteiger partial charge >= 0.3 is 12.0 Å². The smallest absolute Gasteiger partial charge is 0.314 e. The van der Waals surface area contributed by atoms with Crippen molar-refractivity contribution in [3.63, 3.8) is 0 Å². The average Bonchev–Trinajstić information content (AvgIpc) is 3.04. The van der Waals surface area contributed by atoms with Gasteiger partial charge in [-0.2, -0.15) is 11.8 Å². The summed E-state index contributed by atoms with van der Waals surface area (Å²) in [6, 6.07) is -0.244. The van der Waals surface area contributed by atoms with Gasteiger partial charge in [-0.15, -0.1) is 0 Å². The molecule has 2 rings (SSSR count). The van der Waals surface area contributed by atoms with E-state index >= 15 is 0 Å². The minimum absolute atomic E-state index is 0.134. The number of hydrogen-bond donors (Lipinski definition) is 3. The molecule has 20 heavy (non-hydrogen) atoms. The molecule has 114 valence electrons. The van der Waals surface area contributed by atoms with Gasteiger partial charge in [-0.3, -0.25) is 4.79 Å². The molecule has 0 radical (unpaired) electrons. The second-order valence-electron chi connectivity index (χ2n) is 6.23. The summed E-state index contributed by atoms with van der Waals surface area (Å²) in [5, 5.41) is 15.0. The van der Waals surface area contributed by atoms with Crippen molar-refractivity contribution in [1.29, 1.82) is 0 Å². The largest absolute Gasteiger partial charge is 0.481 e. The molecule has 1 saturated heterocycles. The first-order valence-corrected chi connectivity index (χ1v) is 8.34. The minimum Gasteiger partial charge on any atom is -0.481 e. The van der Waals surface area contributed by atoms with Gasteiger partial charge in [-0.25, -0.2) is 4.79 Å². The number of amides is 2. The first kappa shape index (κ1) is 15.5. The molecule has 0 aromatic rings. The Bertz CT molecular complexity index is 375. The molecular formula is C14H24N2O3S. The van der Waals surface area contributed by atoms with Gasteiger partial charge in [-0.05, 0) is 38.4 Å². The maximum absolute atomic E-state index is 11.8. The Morgan fingerprint density at radius 3 is 2.30 bits per heavy atom. The normalized spacial score (nSPS) is 28.2. The maximum Gasteiger partial charge on any atom is 0.314 e. The number of carboxylic acid groups (broad SMARTS) is 1. The molecule has 0 aromatic carbocycles. The van der Waals surface area contributed by atoms with E-state index in [0.29, 0.717) is 19.4 Å². The average molecular weight is 300 g/mol. The van der Waals surface area contributed by atoms with E-state index in [1.54, 1.807) is 0 Å². The van der Waals surface area contributed by atoms with E-state index in [9.17, 15) is 14.7 Å². The summed E-state index contributed by atoms with van der Waals surface area (Å²) in [5.74, 6) is 0.371. The van der Waals surface area contributed by atoms with Crippen molar-refractivity contribution in [2.75, 3.05) is 18.8 Å². The van der Waals surface area contributed by atoms with E-state index in [2.05, 4.69) is 17.6 Å². The summed E-state index contributed by atoms with van der Waals surface area (Å²) in [5.41, 5.74) is -0.747. The van der Waals surface area contributed by atoms with Gasteiger partial charge in [0.15, 0.2) is 0 Å². The summed E-state index contributed by atoms with van der Waals surface area (Å²) in [6.45, 7) is 3.04. The summed E-state index contributed by atoms with van der Waals surface area (Å²) in [7, 11) is 0. The molecule has 1 aliphatic heterocycles. The SMILES string of the molecule is CC1(CNC(=O)NCC2(C(=O)O)CCCC2)CCCS1. The molecule has 1 heterocycles. The number of nitrogens with one attached hydrogen (secondary N) is 2. The predicted molar refractivity (Wildman–Crippen MR) is 80.0 cm³/mol. The Morgan fingerprint density at radius 2 is 1.75 bits per heavy atom. The van der Waals surface area contributed by atoms with Crippen molar-refractivity contribution in [3.05, 3.63) is 0 Å². The number of hydrogen-bond acceptors (Lipinski definition) is 3. The molecule has 1 aliphatic carbocycles. The molecule has 3 N–H and O–H groups in total. The molecule has 0 aromatic heterocycles. The lowest BCUT2D eigenvalue weighted by molar-refractivity contribution is -0.148. The van der Waals surface area contributed by atoms with Gasteiger partial charge < -0.3 is 15.7 Å². The summed E-state index contributed by atoms with van der Waals surface area (Å²) >= 11 is 1.90. The first-order chi connectivity index (χ1) is 9.46. The van der Waals surface area contributed by atoms with E-state index in [0.717, 1.165) is 25.0 Å². The number of aliphatic carboxylic acids is 1. The minimum atomic E-state index is -0.784. The topological polar surface area (TPSA) is 78.4 Å². The standard InChI is InChI=1S/C14H24N2O3S/c1-13(5-4-8-20-13)9-15-12(19)16-10-14(11(17)18)6-2-3-7-14/h2-10H2,1H3,(H,17,18)(H2,15,16,19). The number of carbonyl (C=O) groups is 2. The van der Waals surface area contributed by atoms with Gasteiger partial charge in [0, 0.05) is 17.8 Å². The van der Waals surface area contributed by atoms with E-state index in [4.69, 9.17) is 0 Å². The summed E-state index contributed by atoms with van der Waals surface area (Å²) in [4.78, 5) is 23.2. The van der Waals surface area contributed by atoms with Gasteiger partial charge in [-0.1, -0.05) is 12.8 Å². The van der Waals surface area contributed by atoms with Crippen LogP contribution in [0.3, 0.4) is 0 Å². The van der Waals surface area contributed by atoms with Crippen molar-refractivity contribution < 1.29 is 14.7 Å². The third-order valence-electron chi connectivity index (χ3n) is 4.53. The van der Waals surface area contributed by atoms with Crippen molar-refractivity contribution >= 4 is 23.8 Å². The molecule has 2 aliphatic rings. The van der Waals surface area contributed by atoms with Crippen molar-refractivity contribution in [2.24, 2.45) is 5.41 Å². The van der Waals surface area contributed by atoms with Crippen LogP contribution in [0, 0.1) is 5.41 Å². The second kappa shape index (κ2) is 6.24. The molecular weight excluding hydrogens is 276 g/mol. The van der Waals surface area contributed by atoms with Crippen molar-refractivity contribution in [3.8, 4) is 0 Å². The van der Waals surface area contributed by atoms with Crippen LogP contribution in [0.2, 0.25) is 0 Å². The highest BCUT2D eigenvalue weighted by atomic mass is 32.2. The van der Waals surface area contributed by atoms with Crippen LogP contribution in [0.4, 0.5) is 4.79 Å². The Kier molecular flexibility index (Phi) is 4.83. The monoisotopic (exact) mass is 300 g/mol. The third-order valence-corrected chi connectivity index (χ3v) is 6.06. The maximum atomic E-state index is 11.8. The number of thioether (sulfide) groups is 1. The molecule has 5 nitrogen and oxygen atoms in total. The van der Waals surface area contributed by atoms with E-state index < -0.39 is 11.4 Å². The zero-order chi connectivity index (χ0) is 14.6. The summed E-state index contributed by atoms with van der Waals surface area (Å²) < 4.78 is 0.134. The van der Waals surface area contributed by atoms with Crippen LogP contribution < -0.4 is 10.6 Å². The first-order valence-electron chi connectivity index (χ1n) is 7.35. The fraction of sp³-hybridized carbons (Fsp3) is 0.857.